The van der Waals surface area contributed by atoms with E-state index in [1.54, 1.807) is 25.1 Å². The standard InChI is InChI=1S/C15H21ClN2O2/c1-10-8-18(9-11(2)17-10)15(19)12(3)20-14-6-4-5-13(16)7-14/h4-7,10-12,17H,8-9H2,1-3H3. The molecule has 1 aliphatic heterocycles. The summed E-state index contributed by atoms with van der Waals surface area (Å²) in [6.45, 7) is 7.37. The van der Waals surface area contributed by atoms with Gasteiger partial charge in [0.2, 0.25) is 0 Å². The van der Waals surface area contributed by atoms with Crippen LogP contribution < -0.4 is 10.1 Å². The van der Waals surface area contributed by atoms with Crippen LogP contribution in [0.2, 0.25) is 5.02 Å². The van der Waals surface area contributed by atoms with Crippen molar-refractivity contribution in [3.8, 4) is 5.75 Å². The van der Waals surface area contributed by atoms with E-state index in [0.29, 0.717) is 35.9 Å². The molecule has 1 fully saturated rings. The maximum Gasteiger partial charge on any atom is 0.263 e. The summed E-state index contributed by atoms with van der Waals surface area (Å²) in [6, 6.07) is 7.72. The molecule has 3 atom stereocenters. The Morgan fingerprint density at radius 2 is 2.05 bits per heavy atom. The molecule has 4 nitrogen and oxygen atoms in total. The zero-order valence-electron chi connectivity index (χ0n) is 12.1. The number of hydrogen-bond donors (Lipinski definition) is 1. The van der Waals surface area contributed by atoms with E-state index in [1.165, 1.54) is 0 Å². The van der Waals surface area contributed by atoms with Crippen molar-refractivity contribution in [3.05, 3.63) is 29.3 Å². The number of halogens is 1. The van der Waals surface area contributed by atoms with Crippen molar-refractivity contribution in [2.24, 2.45) is 0 Å². The Morgan fingerprint density at radius 1 is 1.40 bits per heavy atom. The van der Waals surface area contributed by atoms with E-state index in [2.05, 4.69) is 19.2 Å². The maximum absolute atomic E-state index is 12.4. The Morgan fingerprint density at radius 3 is 2.65 bits per heavy atom. The summed E-state index contributed by atoms with van der Waals surface area (Å²) in [5, 5.41) is 4.01. The quantitative estimate of drug-likeness (QED) is 0.931. The SMILES string of the molecule is CC1CN(C(=O)C(C)Oc2cccc(Cl)c2)CC(C)N1. The highest BCUT2D eigenvalue weighted by atomic mass is 35.5. The van der Waals surface area contributed by atoms with Crippen molar-refractivity contribution >= 4 is 17.5 Å². The van der Waals surface area contributed by atoms with Crippen LogP contribution in [0.5, 0.6) is 5.75 Å². The molecule has 0 aromatic heterocycles. The summed E-state index contributed by atoms with van der Waals surface area (Å²) < 4.78 is 5.68. The molecule has 1 N–H and O–H groups in total. The van der Waals surface area contributed by atoms with Crippen LogP contribution in [0.1, 0.15) is 20.8 Å². The van der Waals surface area contributed by atoms with Gasteiger partial charge in [-0.3, -0.25) is 4.79 Å². The molecule has 5 heteroatoms. The molecule has 3 unspecified atom stereocenters. The molecule has 20 heavy (non-hydrogen) atoms. The van der Waals surface area contributed by atoms with E-state index in [4.69, 9.17) is 16.3 Å². The first-order valence-corrected chi connectivity index (χ1v) is 7.30. The fourth-order valence-corrected chi connectivity index (χ4v) is 2.74. The third-order valence-corrected chi connectivity index (χ3v) is 3.56. The lowest BCUT2D eigenvalue weighted by atomic mass is 10.1. The fraction of sp³-hybridized carbons (Fsp3) is 0.533. The molecular weight excluding hydrogens is 276 g/mol. The molecule has 0 saturated carbocycles. The van der Waals surface area contributed by atoms with Crippen LogP contribution in [0.3, 0.4) is 0 Å². The van der Waals surface area contributed by atoms with Crippen molar-refractivity contribution in [2.75, 3.05) is 13.1 Å². The molecule has 1 aliphatic rings. The second kappa shape index (κ2) is 6.46. The lowest BCUT2D eigenvalue weighted by molar-refractivity contribution is -0.139. The summed E-state index contributed by atoms with van der Waals surface area (Å²) in [5.41, 5.74) is 0. The van der Waals surface area contributed by atoms with Gasteiger partial charge in [-0.05, 0) is 39.0 Å². The Hall–Kier alpha value is -1.26. The number of amides is 1. The van der Waals surface area contributed by atoms with Crippen LogP contribution in [0.25, 0.3) is 0 Å². The van der Waals surface area contributed by atoms with Crippen LogP contribution >= 0.6 is 11.6 Å². The number of hydrogen-bond acceptors (Lipinski definition) is 3. The van der Waals surface area contributed by atoms with Crippen LogP contribution in [-0.2, 0) is 4.79 Å². The number of benzene rings is 1. The van der Waals surface area contributed by atoms with Gasteiger partial charge in [0.15, 0.2) is 6.10 Å². The molecule has 0 spiro atoms. The Kier molecular flexibility index (Phi) is 4.89. The van der Waals surface area contributed by atoms with E-state index in [0.717, 1.165) is 0 Å². The molecule has 1 aromatic rings. The molecule has 1 heterocycles. The Labute approximate surface area is 125 Å². The minimum atomic E-state index is -0.508. The topological polar surface area (TPSA) is 41.6 Å². The van der Waals surface area contributed by atoms with Crippen molar-refractivity contribution in [1.82, 2.24) is 10.2 Å². The average Bonchev–Trinajstić information content (AvgIpc) is 2.36. The second-order valence-corrected chi connectivity index (χ2v) is 5.87. The van der Waals surface area contributed by atoms with E-state index in [1.807, 2.05) is 11.0 Å². The zero-order chi connectivity index (χ0) is 14.7. The molecule has 0 radical (unpaired) electrons. The summed E-state index contributed by atoms with van der Waals surface area (Å²) in [7, 11) is 0. The molecule has 1 aromatic carbocycles. The predicted molar refractivity (Wildman–Crippen MR) is 80.2 cm³/mol. The normalized spacial score (nSPS) is 24.3. The molecule has 1 amide bonds. The van der Waals surface area contributed by atoms with Gasteiger partial charge in [-0.2, -0.15) is 0 Å². The summed E-state index contributed by atoms with van der Waals surface area (Å²) in [6.07, 6.45) is -0.508. The molecule has 1 saturated heterocycles. The smallest absolute Gasteiger partial charge is 0.263 e. The largest absolute Gasteiger partial charge is 0.481 e. The number of rotatable bonds is 3. The van der Waals surface area contributed by atoms with E-state index < -0.39 is 6.10 Å². The Balaban J connectivity index is 1.98. The van der Waals surface area contributed by atoms with Crippen molar-refractivity contribution < 1.29 is 9.53 Å². The van der Waals surface area contributed by atoms with Crippen LogP contribution in [0.15, 0.2) is 24.3 Å². The first-order chi connectivity index (χ1) is 9.45. The number of carbonyl (C=O) groups is 1. The molecule has 0 aliphatic carbocycles. The third-order valence-electron chi connectivity index (χ3n) is 3.33. The van der Waals surface area contributed by atoms with Gasteiger partial charge in [0.1, 0.15) is 5.75 Å². The van der Waals surface area contributed by atoms with Gasteiger partial charge in [-0.15, -0.1) is 0 Å². The fourth-order valence-electron chi connectivity index (χ4n) is 2.56. The van der Waals surface area contributed by atoms with Gasteiger partial charge >= 0.3 is 0 Å². The first kappa shape index (κ1) is 15.1. The molecule has 110 valence electrons. The van der Waals surface area contributed by atoms with E-state index in [9.17, 15) is 4.79 Å². The summed E-state index contributed by atoms with van der Waals surface area (Å²) in [5.74, 6) is 0.639. The highest BCUT2D eigenvalue weighted by molar-refractivity contribution is 6.30. The van der Waals surface area contributed by atoms with Crippen molar-refractivity contribution in [1.29, 1.82) is 0 Å². The second-order valence-electron chi connectivity index (χ2n) is 5.43. The highest BCUT2D eigenvalue weighted by Crippen LogP contribution is 2.19. The molecule has 0 bridgehead atoms. The molecular formula is C15H21ClN2O2. The predicted octanol–water partition coefficient (Wildman–Crippen LogP) is 2.32. The first-order valence-electron chi connectivity index (χ1n) is 6.92. The van der Waals surface area contributed by atoms with Crippen molar-refractivity contribution in [2.45, 2.75) is 39.0 Å². The summed E-state index contributed by atoms with van der Waals surface area (Å²) in [4.78, 5) is 14.3. The summed E-state index contributed by atoms with van der Waals surface area (Å²) >= 11 is 5.91. The Bertz CT molecular complexity index is 471. The van der Waals surface area contributed by atoms with Crippen LogP contribution in [0.4, 0.5) is 0 Å². The lowest BCUT2D eigenvalue weighted by Crippen LogP contribution is -2.57. The monoisotopic (exact) mass is 296 g/mol. The average molecular weight is 297 g/mol. The minimum Gasteiger partial charge on any atom is -0.481 e. The van der Waals surface area contributed by atoms with Gasteiger partial charge in [0.05, 0.1) is 0 Å². The minimum absolute atomic E-state index is 0.0187. The van der Waals surface area contributed by atoms with Gasteiger partial charge in [-0.1, -0.05) is 17.7 Å². The number of nitrogens with zero attached hydrogens (tertiary/aromatic N) is 1. The van der Waals surface area contributed by atoms with Crippen LogP contribution in [0, 0.1) is 0 Å². The van der Waals surface area contributed by atoms with Crippen molar-refractivity contribution in [3.63, 3.8) is 0 Å². The zero-order valence-corrected chi connectivity index (χ0v) is 12.9. The number of ether oxygens (including phenoxy) is 1. The van der Waals surface area contributed by atoms with Gasteiger partial charge in [0.25, 0.3) is 5.91 Å². The van der Waals surface area contributed by atoms with E-state index in [-0.39, 0.29) is 5.91 Å². The highest BCUT2D eigenvalue weighted by Gasteiger charge is 2.28. The van der Waals surface area contributed by atoms with E-state index >= 15 is 0 Å². The van der Waals surface area contributed by atoms with Gasteiger partial charge in [-0.25, -0.2) is 0 Å². The van der Waals surface area contributed by atoms with Crippen LogP contribution in [-0.4, -0.2) is 42.1 Å². The number of piperazine rings is 1. The third kappa shape index (κ3) is 3.87. The number of nitrogens with one attached hydrogen (secondary N) is 1. The van der Waals surface area contributed by atoms with Gasteiger partial charge < -0.3 is 15.0 Å². The lowest BCUT2D eigenvalue weighted by Gasteiger charge is -2.37. The number of carbonyl (C=O) groups excluding carboxylic acids is 1. The molecule has 2 rings (SSSR count). The van der Waals surface area contributed by atoms with Gasteiger partial charge in [0, 0.05) is 30.2 Å². The maximum atomic E-state index is 12.4.